The molecule has 1 aromatic heterocycles. The number of aromatic nitrogens is 2. The summed E-state index contributed by atoms with van der Waals surface area (Å²) in [5.74, 6) is 2.46. The van der Waals surface area contributed by atoms with Gasteiger partial charge in [0.05, 0.1) is 10.2 Å². The molecule has 1 aromatic carbocycles. The molecule has 110 valence electrons. The summed E-state index contributed by atoms with van der Waals surface area (Å²) < 4.78 is 1.05. The second-order valence-electron chi connectivity index (χ2n) is 5.55. The largest absolute Gasteiger partial charge is 0.369 e. The Bertz CT molecular complexity index is 609. The van der Waals surface area contributed by atoms with Crippen molar-refractivity contribution in [2.24, 2.45) is 0 Å². The van der Waals surface area contributed by atoms with E-state index in [9.17, 15) is 0 Å². The van der Waals surface area contributed by atoms with E-state index in [1.165, 1.54) is 24.1 Å². The standard InChI is InChI=1S/C17H20BrN3/c1-2-10-19-17-15(18)16(13-8-9-13)20-14(21-17)11-12-6-4-3-5-7-12/h3-7,13H,2,8-11H2,1H3,(H,19,20,21). The second-order valence-corrected chi connectivity index (χ2v) is 6.34. The summed E-state index contributed by atoms with van der Waals surface area (Å²) in [7, 11) is 0. The molecule has 0 atom stereocenters. The molecule has 1 N–H and O–H groups in total. The van der Waals surface area contributed by atoms with Crippen LogP contribution in [0.25, 0.3) is 0 Å². The third-order valence-corrected chi connectivity index (χ3v) is 4.42. The van der Waals surface area contributed by atoms with E-state index >= 15 is 0 Å². The lowest BCUT2D eigenvalue weighted by molar-refractivity contribution is 0.878. The molecule has 1 fully saturated rings. The number of benzene rings is 1. The minimum absolute atomic E-state index is 0.610. The quantitative estimate of drug-likeness (QED) is 0.835. The smallest absolute Gasteiger partial charge is 0.144 e. The molecule has 1 aliphatic carbocycles. The maximum atomic E-state index is 4.80. The Labute approximate surface area is 134 Å². The third-order valence-electron chi connectivity index (χ3n) is 3.63. The van der Waals surface area contributed by atoms with Gasteiger partial charge in [-0.1, -0.05) is 37.3 Å². The average molecular weight is 346 g/mol. The van der Waals surface area contributed by atoms with Gasteiger partial charge in [-0.2, -0.15) is 0 Å². The summed E-state index contributed by atoms with van der Waals surface area (Å²) in [4.78, 5) is 9.51. The zero-order valence-electron chi connectivity index (χ0n) is 12.3. The van der Waals surface area contributed by atoms with Crippen LogP contribution in [0.5, 0.6) is 0 Å². The Balaban J connectivity index is 1.90. The van der Waals surface area contributed by atoms with Crippen molar-refractivity contribution in [3.8, 4) is 0 Å². The van der Waals surface area contributed by atoms with Gasteiger partial charge in [0.1, 0.15) is 11.6 Å². The monoisotopic (exact) mass is 345 g/mol. The van der Waals surface area contributed by atoms with Crippen LogP contribution >= 0.6 is 15.9 Å². The minimum Gasteiger partial charge on any atom is -0.369 e. The molecule has 1 saturated carbocycles. The molecule has 0 unspecified atom stereocenters. The molecule has 0 radical (unpaired) electrons. The molecule has 1 heterocycles. The predicted octanol–water partition coefficient (Wildman–Crippen LogP) is 4.53. The number of rotatable bonds is 6. The van der Waals surface area contributed by atoms with Gasteiger partial charge in [0, 0.05) is 18.9 Å². The van der Waals surface area contributed by atoms with Gasteiger partial charge >= 0.3 is 0 Å². The number of nitrogens with zero attached hydrogens (tertiary/aromatic N) is 2. The first-order chi connectivity index (χ1) is 10.3. The van der Waals surface area contributed by atoms with Gasteiger partial charge in [0.2, 0.25) is 0 Å². The van der Waals surface area contributed by atoms with Crippen molar-refractivity contribution in [2.45, 2.75) is 38.5 Å². The van der Waals surface area contributed by atoms with Gasteiger partial charge < -0.3 is 5.32 Å². The first kappa shape index (κ1) is 14.5. The Morgan fingerprint density at radius 2 is 1.95 bits per heavy atom. The highest BCUT2D eigenvalue weighted by Crippen LogP contribution is 2.43. The van der Waals surface area contributed by atoms with Gasteiger partial charge in [-0.15, -0.1) is 0 Å². The lowest BCUT2D eigenvalue weighted by atomic mass is 10.1. The molecule has 2 aromatic rings. The van der Waals surface area contributed by atoms with Gasteiger partial charge in [-0.3, -0.25) is 0 Å². The molecule has 21 heavy (non-hydrogen) atoms. The highest BCUT2D eigenvalue weighted by atomic mass is 79.9. The Morgan fingerprint density at radius 1 is 1.19 bits per heavy atom. The van der Waals surface area contributed by atoms with Gasteiger partial charge in [-0.05, 0) is 40.8 Å². The fourth-order valence-corrected chi connectivity index (χ4v) is 3.00. The van der Waals surface area contributed by atoms with Gasteiger partial charge in [0.25, 0.3) is 0 Å². The first-order valence-electron chi connectivity index (χ1n) is 7.62. The summed E-state index contributed by atoms with van der Waals surface area (Å²) in [6, 6.07) is 10.4. The maximum absolute atomic E-state index is 4.80. The van der Waals surface area contributed by atoms with Crippen molar-refractivity contribution >= 4 is 21.7 Å². The van der Waals surface area contributed by atoms with Crippen LogP contribution in [0.3, 0.4) is 0 Å². The molecule has 1 aliphatic rings. The maximum Gasteiger partial charge on any atom is 0.144 e. The zero-order valence-corrected chi connectivity index (χ0v) is 13.9. The van der Waals surface area contributed by atoms with Crippen molar-refractivity contribution in [3.63, 3.8) is 0 Å². The molecule has 0 saturated heterocycles. The molecular weight excluding hydrogens is 326 g/mol. The van der Waals surface area contributed by atoms with E-state index < -0.39 is 0 Å². The molecule has 0 bridgehead atoms. The average Bonchev–Trinajstić information content (AvgIpc) is 3.33. The van der Waals surface area contributed by atoms with E-state index in [-0.39, 0.29) is 0 Å². The molecular formula is C17H20BrN3. The van der Waals surface area contributed by atoms with E-state index in [0.29, 0.717) is 5.92 Å². The topological polar surface area (TPSA) is 37.8 Å². The second kappa shape index (κ2) is 6.56. The fourth-order valence-electron chi connectivity index (χ4n) is 2.36. The Morgan fingerprint density at radius 3 is 2.62 bits per heavy atom. The van der Waals surface area contributed by atoms with Crippen LogP contribution < -0.4 is 5.32 Å². The first-order valence-corrected chi connectivity index (χ1v) is 8.41. The molecule has 0 spiro atoms. The molecule has 3 rings (SSSR count). The highest BCUT2D eigenvalue weighted by Gasteiger charge is 2.29. The number of halogens is 1. The van der Waals surface area contributed by atoms with E-state index in [4.69, 9.17) is 9.97 Å². The number of hydrogen-bond acceptors (Lipinski definition) is 3. The number of hydrogen-bond donors (Lipinski definition) is 1. The third kappa shape index (κ3) is 3.62. The van der Waals surface area contributed by atoms with E-state index in [2.05, 4.69) is 52.4 Å². The summed E-state index contributed by atoms with van der Waals surface area (Å²) in [6.45, 7) is 3.10. The number of anilines is 1. The minimum atomic E-state index is 0.610. The van der Waals surface area contributed by atoms with Crippen LogP contribution in [0.4, 0.5) is 5.82 Å². The molecule has 0 aliphatic heterocycles. The van der Waals surface area contributed by atoms with E-state index in [1.807, 2.05) is 6.07 Å². The lowest BCUT2D eigenvalue weighted by Crippen LogP contribution is -2.09. The summed E-state index contributed by atoms with van der Waals surface area (Å²) in [5.41, 5.74) is 2.43. The Hall–Kier alpha value is -1.42. The van der Waals surface area contributed by atoms with E-state index in [0.717, 1.165) is 35.5 Å². The van der Waals surface area contributed by atoms with Crippen LogP contribution in [0.1, 0.15) is 49.2 Å². The van der Waals surface area contributed by atoms with Gasteiger partial charge in [-0.25, -0.2) is 9.97 Å². The summed E-state index contributed by atoms with van der Waals surface area (Å²) in [6.07, 6.45) is 4.36. The van der Waals surface area contributed by atoms with Crippen molar-refractivity contribution in [3.05, 3.63) is 51.9 Å². The van der Waals surface area contributed by atoms with Crippen molar-refractivity contribution < 1.29 is 0 Å². The van der Waals surface area contributed by atoms with Crippen LogP contribution in [0.2, 0.25) is 0 Å². The summed E-state index contributed by atoms with van der Waals surface area (Å²) in [5, 5.41) is 3.41. The SMILES string of the molecule is CCCNc1nc(Cc2ccccc2)nc(C2CC2)c1Br. The van der Waals surface area contributed by atoms with Crippen molar-refractivity contribution in [1.29, 1.82) is 0 Å². The lowest BCUT2D eigenvalue weighted by Gasteiger charge is -2.12. The van der Waals surface area contributed by atoms with Crippen LogP contribution in [0, 0.1) is 0 Å². The van der Waals surface area contributed by atoms with E-state index in [1.54, 1.807) is 0 Å². The molecule has 3 nitrogen and oxygen atoms in total. The number of nitrogens with one attached hydrogen (secondary N) is 1. The fraction of sp³-hybridized carbons (Fsp3) is 0.412. The van der Waals surface area contributed by atoms with Crippen LogP contribution in [-0.2, 0) is 6.42 Å². The summed E-state index contributed by atoms with van der Waals surface area (Å²) >= 11 is 3.68. The van der Waals surface area contributed by atoms with Crippen molar-refractivity contribution in [1.82, 2.24) is 9.97 Å². The Kier molecular flexibility index (Phi) is 4.54. The van der Waals surface area contributed by atoms with Crippen LogP contribution in [-0.4, -0.2) is 16.5 Å². The highest BCUT2D eigenvalue weighted by molar-refractivity contribution is 9.10. The molecule has 0 amide bonds. The molecule has 4 heteroatoms. The predicted molar refractivity (Wildman–Crippen MR) is 89.7 cm³/mol. The normalized spacial score (nSPS) is 14.2. The van der Waals surface area contributed by atoms with Crippen LogP contribution in [0.15, 0.2) is 34.8 Å². The van der Waals surface area contributed by atoms with Gasteiger partial charge in [0.15, 0.2) is 0 Å². The van der Waals surface area contributed by atoms with Crippen molar-refractivity contribution in [2.75, 3.05) is 11.9 Å². The zero-order chi connectivity index (χ0) is 14.7.